The minimum absolute atomic E-state index is 0.0310. The number of Topliss-reactive ketones (excluding diaryl/α,β-unsaturated/α-hetero) is 1. The number of benzene rings is 1. The minimum Gasteiger partial charge on any atom is -0.493 e. The molecular weight excluding hydrogens is 576 g/mol. The fourth-order valence-corrected chi connectivity index (χ4v) is 5.96. The van der Waals surface area contributed by atoms with E-state index in [-0.39, 0.29) is 23.7 Å². The highest BCUT2D eigenvalue weighted by atomic mass is 16.5. The van der Waals surface area contributed by atoms with Gasteiger partial charge in [0.05, 0.1) is 13.2 Å². The van der Waals surface area contributed by atoms with E-state index in [9.17, 15) is 9.59 Å². The Morgan fingerprint density at radius 1 is 1.24 bits per heavy atom. The van der Waals surface area contributed by atoms with Crippen molar-refractivity contribution in [2.45, 2.75) is 78.7 Å². The number of fused-ring (bicyclic) bond motifs is 2. The fourth-order valence-electron chi connectivity index (χ4n) is 5.96. The maximum absolute atomic E-state index is 12.5. The maximum atomic E-state index is 12.5. The number of nitrogens with two attached hydrogens (primary N) is 1. The van der Waals surface area contributed by atoms with E-state index in [1.165, 1.54) is 25.3 Å². The molecule has 246 valence electrons. The van der Waals surface area contributed by atoms with Gasteiger partial charge in [0.15, 0.2) is 5.78 Å². The molecule has 0 bridgehead atoms. The van der Waals surface area contributed by atoms with Crippen LogP contribution in [-0.2, 0) is 4.79 Å². The third kappa shape index (κ3) is 8.31. The topological polar surface area (TPSA) is 115 Å². The van der Waals surface area contributed by atoms with E-state index >= 15 is 0 Å². The van der Waals surface area contributed by atoms with Crippen molar-refractivity contribution in [1.29, 1.82) is 0 Å². The molecule has 2 aliphatic rings. The highest BCUT2D eigenvalue weighted by molar-refractivity contribution is 5.96. The van der Waals surface area contributed by atoms with Crippen molar-refractivity contribution in [3.05, 3.63) is 78.4 Å². The summed E-state index contributed by atoms with van der Waals surface area (Å²) >= 11 is 0. The van der Waals surface area contributed by atoms with E-state index in [4.69, 9.17) is 15.5 Å². The van der Waals surface area contributed by atoms with Gasteiger partial charge in [0, 0.05) is 48.6 Å². The molecule has 1 amide bonds. The van der Waals surface area contributed by atoms with Crippen molar-refractivity contribution in [1.82, 2.24) is 24.6 Å². The van der Waals surface area contributed by atoms with Crippen LogP contribution < -0.4 is 15.8 Å². The van der Waals surface area contributed by atoms with E-state index < -0.39 is 0 Å². The lowest BCUT2D eigenvalue weighted by atomic mass is 9.91. The molecule has 5 rings (SSSR count). The van der Waals surface area contributed by atoms with Gasteiger partial charge in [-0.15, -0.1) is 0 Å². The van der Waals surface area contributed by atoms with Crippen LogP contribution >= 0.6 is 0 Å². The third-order valence-corrected chi connectivity index (χ3v) is 8.70. The number of hydrogen-bond donors (Lipinski definition) is 2. The van der Waals surface area contributed by atoms with E-state index in [2.05, 4.69) is 62.0 Å². The molecule has 2 aliphatic heterocycles. The SMILES string of the molecule is C=C(/C=C\C=C/[C@H](C)CC)CCC.CCOc1cc(C(C)=O)ccc1-c1nc(C2CCC3CNCC(=O)N3C2)n2ccnc(N)c12. The Morgan fingerprint density at radius 2 is 2.04 bits per heavy atom. The van der Waals surface area contributed by atoms with E-state index in [0.29, 0.717) is 54.0 Å². The van der Waals surface area contributed by atoms with Crippen LogP contribution in [0.15, 0.2) is 67.0 Å². The molecule has 4 heterocycles. The van der Waals surface area contributed by atoms with Gasteiger partial charge in [-0.1, -0.05) is 76.1 Å². The standard InChI is InChI=1S/C24H28N6O3.C13H22/c1-3-33-19-10-15(14(2)31)5-7-18(19)21-22-23(25)27-8-9-29(22)24(28-21)16-4-6-17-11-26-12-20(32)30(17)13-16;1-5-9-13(4)11-8-7-10-12(3)6-2/h5,7-10,16-17,26H,3-4,6,11-13H2,1-2H3,(H2,25,27);7-8,10-12H,4-6,9H2,1-3H3/b;10-7-,11-8-/t;12-/m.1/s1. The van der Waals surface area contributed by atoms with Crippen molar-refractivity contribution < 1.29 is 14.3 Å². The van der Waals surface area contributed by atoms with Gasteiger partial charge < -0.3 is 20.7 Å². The predicted octanol–water partition coefficient (Wildman–Crippen LogP) is 6.76. The van der Waals surface area contributed by atoms with Gasteiger partial charge in [0.1, 0.15) is 28.6 Å². The van der Waals surface area contributed by atoms with Crippen LogP contribution in [0.25, 0.3) is 16.8 Å². The van der Waals surface area contributed by atoms with Crippen molar-refractivity contribution in [3.63, 3.8) is 0 Å². The first kappa shape index (κ1) is 34.6. The molecule has 2 unspecified atom stereocenters. The Morgan fingerprint density at radius 3 is 2.76 bits per heavy atom. The minimum atomic E-state index is -0.0310. The van der Waals surface area contributed by atoms with Crippen LogP contribution in [0.2, 0.25) is 0 Å². The van der Waals surface area contributed by atoms with Crippen LogP contribution in [0.4, 0.5) is 5.82 Å². The number of imidazole rings is 1. The van der Waals surface area contributed by atoms with E-state index in [0.717, 1.165) is 37.2 Å². The molecule has 3 atom stereocenters. The highest BCUT2D eigenvalue weighted by Crippen LogP contribution is 2.39. The molecule has 3 N–H and O–H groups in total. The van der Waals surface area contributed by atoms with E-state index in [1.807, 2.05) is 28.5 Å². The monoisotopic (exact) mass is 626 g/mol. The van der Waals surface area contributed by atoms with E-state index in [1.54, 1.807) is 18.3 Å². The molecule has 9 nitrogen and oxygen atoms in total. The number of hydrogen-bond acceptors (Lipinski definition) is 7. The molecule has 0 aliphatic carbocycles. The first-order chi connectivity index (χ1) is 22.2. The zero-order valence-electron chi connectivity index (χ0n) is 28.1. The summed E-state index contributed by atoms with van der Waals surface area (Å²) in [5.74, 6) is 2.69. The van der Waals surface area contributed by atoms with Crippen LogP contribution in [0.3, 0.4) is 0 Å². The molecule has 2 fully saturated rings. The van der Waals surface area contributed by atoms with Gasteiger partial charge >= 0.3 is 0 Å². The van der Waals surface area contributed by atoms with Gasteiger partial charge in [-0.3, -0.25) is 14.0 Å². The van der Waals surface area contributed by atoms with Crippen molar-refractivity contribution in [2.24, 2.45) is 5.92 Å². The lowest BCUT2D eigenvalue weighted by Gasteiger charge is -2.42. The molecule has 1 aromatic carbocycles. The maximum Gasteiger partial charge on any atom is 0.236 e. The quantitative estimate of drug-likeness (QED) is 0.179. The van der Waals surface area contributed by atoms with Crippen LogP contribution in [-0.4, -0.2) is 63.2 Å². The number of rotatable bonds is 11. The summed E-state index contributed by atoms with van der Waals surface area (Å²) in [4.78, 5) is 35.8. The molecule has 3 aromatic rings. The molecule has 2 saturated heterocycles. The number of nitrogen functional groups attached to an aromatic ring is 1. The number of nitrogens with one attached hydrogen (secondary N) is 1. The Labute approximate surface area is 273 Å². The van der Waals surface area contributed by atoms with Crippen molar-refractivity contribution >= 4 is 23.0 Å². The van der Waals surface area contributed by atoms with Gasteiger partial charge in [-0.2, -0.15) is 0 Å². The summed E-state index contributed by atoms with van der Waals surface area (Å²) in [5.41, 5.74) is 10.3. The van der Waals surface area contributed by atoms with Gasteiger partial charge in [-0.05, 0) is 51.2 Å². The number of carbonyl (C=O) groups is 2. The Bertz CT molecular complexity index is 1590. The van der Waals surface area contributed by atoms with Gasteiger partial charge in [0.25, 0.3) is 0 Å². The van der Waals surface area contributed by atoms with Gasteiger partial charge in [0.2, 0.25) is 5.91 Å². The first-order valence-electron chi connectivity index (χ1n) is 16.6. The summed E-state index contributed by atoms with van der Waals surface area (Å²) in [6.07, 6.45) is 17.4. The number of ether oxygens (including phenoxy) is 1. The molecule has 2 aromatic heterocycles. The second kappa shape index (κ2) is 16.4. The number of piperazine rings is 1. The lowest BCUT2D eigenvalue weighted by Crippen LogP contribution is -2.57. The zero-order chi connectivity index (χ0) is 33.2. The van der Waals surface area contributed by atoms with Gasteiger partial charge in [-0.25, -0.2) is 9.97 Å². The number of carbonyl (C=O) groups excluding carboxylic acids is 2. The Hall–Kier alpha value is -4.24. The van der Waals surface area contributed by atoms with Crippen LogP contribution in [0.1, 0.15) is 88.8 Å². The predicted molar refractivity (Wildman–Crippen MR) is 186 cm³/mol. The van der Waals surface area contributed by atoms with Crippen molar-refractivity contribution in [3.8, 4) is 17.0 Å². The summed E-state index contributed by atoms with van der Waals surface area (Å²) in [5, 5.41) is 3.21. The highest BCUT2D eigenvalue weighted by Gasteiger charge is 2.36. The summed E-state index contributed by atoms with van der Waals surface area (Å²) in [6, 6.07) is 5.63. The number of allylic oxidation sites excluding steroid dienone is 5. The summed E-state index contributed by atoms with van der Waals surface area (Å²) in [6.45, 7) is 16.3. The normalized spacial score (nSPS) is 18.8. The number of amides is 1. The van der Waals surface area contributed by atoms with Crippen LogP contribution in [0.5, 0.6) is 5.75 Å². The number of anilines is 1. The van der Waals surface area contributed by atoms with Crippen molar-refractivity contribution in [2.75, 3.05) is 32.0 Å². The average molecular weight is 627 g/mol. The Kier molecular flexibility index (Phi) is 12.3. The number of piperidine rings is 1. The summed E-state index contributed by atoms with van der Waals surface area (Å²) in [7, 11) is 0. The molecule has 0 radical (unpaired) electrons. The zero-order valence-corrected chi connectivity index (χ0v) is 28.1. The lowest BCUT2D eigenvalue weighted by molar-refractivity contribution is -0.136. The molecule has 0 saturated carbocycles. The third-order valence-electron chi connectivity index (χ3n) is 8.70. The number of ketones is 1. The smallest absolute Gasteiger partial charge is 0.236 e. The first-order valence-corrected chi connectivity index (χ1v) is 16.6. The second-order valence-corrected chi connectivity index (χ2v) is 12.2. The number of nitrogens with zero attached hydrogens (tertiary/aromatic N) is 4. The van der Waals surface area contributed by atoms with Crippen LogP contribution in [0, 0.1) is 5.92 Å². The molecule has 0 spiro atoms. The second-order valence-electron chi connectivity index (χ2n) is 12.2. The Balaban J connectivity index is 0.000000315. The average Bonchev–Trinajstić information content (AvgIpc) is 3.44. The largest absolute Gasteiger partial charge is 0.493 e. The fraction of sp³-hybridized carbons (Fsp3) is 0.459. The number of aromatic nitrogens is 3. The molecule has 9 heteroatoms. The molecule has 46 heavy (non-hydrogen) atoms. The molecular formula is C37H50N6O3. The summed E-state index contributed by atoms with van der Waals surface area (Å²) < 4.78 is 7.88.